The fourth-order valence-corrected chi connectivity index (χ4v) is 5.82. The van der Waals surface area contributed by atoms with Crippen molar-refractivity contribution in [1.29, 1.82) is 5.41 Å². The summed E-state index contributed by atoms with van der Waals surface area (Å²) in [7, 11) is 1.44. The third kappa shape index (κ3) is 4.96. The highest BCUT2D eigenvalue weighted by Gasteiger charge is 2.43. The molecule has 6 rings (SSSR count). The number of nitrogens with one attached hydrogen (secondary N) is 2. The summed E-state index contributed by atoms with van der Waals surface area (Å²) in [5.41, 5.74) is 0.0285. The van der Waals surface area contributed by atoms with E-state index in [-0.39, 0.29) is 77.5 Å². The first-order chi connectivity index (χ1) is 22.0. The Kier molecular flexibility index (Phi) is 7.79. The third-order valence-corrected chi connectivity index (χ3v) is 7.95. The number of allylic oxidation sites excluding steroid dienone is 3. The van der Waals surface area contributed by atoms with Gasteiger partial charge in [-0.2, -0.15) is 9.98 Å². The number of carbonyl (C=O) groups excluding carboxylic acids is 2. The van der Waals surface area contributed by atoms with Crippen LogP contribution in [0.25, 0.3) is 5.57 Å². The average molecular weight is 634 g/mol. The molecule has 4 N–H and O–H groups in total. The summed E-state index contributed by atoms with van der Waals surface area (Å²) in [6.45, 7) is 4.47. The summed E-state index contributed by atoms with van der Waals surface area (Å²) in [5.74, 6) is -1.11. The smallest absolute Gasteiger partial charge is 0.375 e. The molecular formula is C30H31N7O9. The van der Waals surface area contributed by atoms with Gasteiger partial charge in [0.1, 0.15) is 23.4 Å². The molecular weight excluding hydrogens is 602 g/mol. The lowest BCUT2D eigenvalue weighted by Crippen LogP contribution is -3.10. The van der Waals surface area contributed by atoms with E-state index < -0.39 is 36.1 Å². The van der Waals surface area contributed by atoms with Gasteiger partial charge in [-0.25, -0.2) is 19.7 Å². The average Bonchev–Trinajstić information content (AvgIpc) is 3.76. The zero-order chi connectivity index (χ0) is 32.9. The molecule has 0 radical (unpaired) electrons. The number of esters is 1. The first-order valence-electron chi connectivity index (χ1n) is 14.4. The maximum absolute atomic E-state index is 13.1. The second-order valence-corrected chi connectivity index (χ2v) is 11.2. The van der Waals surface area contributed by atoms with Gasteiger partial charge < -0.3 is 34.3 Å². The van der Waals surface area contributed by atoms with Gasteiger partial charge >= 0.3 is 11.9 Å². The first kappa shape index (κ1) is 30.8. The maximum Gasteiger partial charge on any atom is 0.375 e. The number of hydrogen-bond donors (Lipinski definition) is 4. The second kappa shape index (κ2) is 11.6. The number of methoxy groups -OCH3 is 1. The van der Waals surface area contributed by atoms with Crippen molar-refractivity contribution in [1.82, 2.24) is 9.55 Å². The molecule has 16 nitrogen and oxygen atoms in total. The first-order valence-corrected chi connectivity index (χ1v) is 14.4. The quantitative estimate of drug-likeness (QED) is 0.195. The molecule has 0 aliphatic carbocycles. The van der Waals surface area contributed by atoms with E-state index in [1.54, 1.807) is 43.8 Å². The second-order valence-electron chi connectivity index (χ2n) is 11.2. The molecule has 0 saturated carbocycles. The number of aliphatic hydroxyl groups excluding tert-OH is 1. The van der Waals surface area contributed by atoms with E-state index in [4.69, 9.17) is 24.4 Å². The van der Waals surface area contributed by atoms with E-state index in [1.807, 2.05) is 0 Å². The van der Waals surface area contributed by atoms with Crippen molar-refractivity contribution in [2.75, 3.05) is 20.4 Å². The van der Waals surface area contributed by atoms with Crippen LogP contribution in [0.5, 0.6) is 17.2 Å². The van der Waals surface area contributed by atoms with Gasteiger partial charge in [-0.15, -0.1) is 0 Å². The Morgan fingerprint density at radius 1 is 1.33 bits per heavy atom. The van der Waals surface area contributed by atoms with Crippen molar-refractivity contribution >= 4 is 47.2 Å². The lowest BCUT2D eigenvalue weighted by atomic mass is 9.87. The molecule has 2 atom stereocenters. The molecule has 1 unspecified atom stereocenters. The monoisotopic (exact) mass is 633 g/mol. The van der Waals surface area contributed by atoms with Gasteiger partial charge in [-0.1, -0.05) is 6.08 Å². The largest absolute Gasteiger partial charge is 0.857 e. The lowest BCUT2D eigenvalue weighted by molar-refractivity contribution is -0.730. The Labute approximate surface area is 262 Å². The highest BCUT2D eigenvalue weighted by Crippen LogP contribution is 2.54. The molecule has 1 aromatic carbocycles. The Hall–Kier alpha value is -5.19. The van der Waals surface area contributed by atoms with Gasteiger partial charge in [0.2, 0.25) is 11.7 Å². The van der Waals surface area contributed by atoms with E-state index in [0.717, 1.165) is 0 Å². The number of quaternary nitrogens is 1. The van der Waals surface area contributed by atoms with Crippen LogP contribution in [0.4, 0.5) is 5.95 Å². The summed E-state index contributed by atoms with van der Waals surface area (Å²) in [5, 5.41) is 41.4. The zero-order valence-corrected chi connectivity index (χ0v) is 25.4. The van der Waals surface area contributed by atoms with E-state index in [9.17, 15) is 24.9 Å². The summed E-state index contributed by atoms with van der Waals surface area (Å²) < 4.78 is 25.0. The number of aliphatic imine (C=N–C) groups is 3. The van der Waals surface area contributed by atoms with E-state index >= 15 is 0 Å². The van der Waals surface area contributed by atoms with Crippen LogP contribution in [0.15, 0.2) is 44.8 Å². The maximum atomic E-state index is 13.1. The Balaban J connectivity index is 1.49. The van der Waals surface area contributed by atoms with Crippen LogP contribution >= 0.6 is 0 Å². The van der Waals surface area contributed by atoms with Crippen molar-refractivity contribution < 1.29 is 48.8 Å². The number of aldehydes is 1. The number of ether oxygens (including phenoxy) is 4. The molecule has 0 saturated heterocycles. The van der Waals surface area contributed by atoms with Gasteiger partial charge in [-0.3, -0.25) is 14.8 Å². The molecule has 0 fully saturated rings. The number of amidine groups is 1. The minimum atomic E-state index is -1.25. The van der Waals surface area contributed by atoms with Crippen molar-refractivity contribution in [3.05, 3.63) is 46.5 Å². The summed E-state index contributed by atoms with van der Waals surface area (Å²) in [6, 6.07) is 0. The summed E-state index contributed by atoms with van der Waals surface area (Å²) in [6.07, 6.45) is 4.93. The summed E-state index contributed by atoms with van der Waals surface area (Å²) >= 11 is 0. The standard InChI is InChI=1S/C30H31N7O9/c1-5-44-27(41)24-16(11-38)14(6-8-36-9-7-32-29(36)37-13-33-20-25(37)34-28(31)35-26(20)40)19-22(43-4)15-10-18(30(2,3)42)45-21(15)17(12-39)23(19)46-24/h6-7,9,11,18,39,42H,5,8,10,12-13H2,1-4H3,(H2,31,35,40)/t18-/m0/s1. The number of hydrogen-bond acceptors (Lipinski definition) is 12. The zero-order valence-electron chi connectivity index (χ0n) is 25.4. The molecule has 240 valence electrons. The molecule has 4 aliphatic rings. The number of benzene rings is 1. The third-order valence-electron chi connectivity index (χ3n) is 7.95. The van der Waals surface area contributed by atoms with E-state index in [2.05, 4.69) is 20.0 Å². The fourth-order valence-electron chi connectivity index (χ4n) is 5.82. The number of fused-ring (bicyclic) bond motifs is 3. The highest BCUT2D eigenvalue weighted by atomic mass is 16.6. The number of guanidine groups is 1. The summed E-state index contributed by atoms with van der Waals surface area (Å²) in [4.78, 5) is 42.6. The van der Waals surface area contributed by atoms with Crippen LogP contribution in [-0.4, -0.2) is 87.5 Å². The van der Waals surface area contributed by atoms with Gasteiger partial charge in [-0.05, 0) is 20.8 Å². The van der Waals surface area contributed by atoms with Crippen LogP contribution in [-0.2, 0) is 33.9 Å². The lowest BCUT2D eigenvalue weighted by Gasteiger charge is -2.28. The number of rotatable bonds is 9. The molecule has 16 heteroatoms. The number of aliphatic hydroxyl groups is 2. The minimum absolute atomic E-state index is 0.0126. The van der Waals surface area contributed by atoms with Gasteiger partial charge in [0.05, 0.1) is 48.8 Å². The van der Waals surface area contributed by atoms with Crippen LogP contribution in [0, 0.1) is 5.41 Å². The molecule has 0 amide bonds. The van der Waals surface area contributed by atoms with Gasteiger partial charge in [0.15, 0.2) is 18.7 Å². The topological polar surface area (TPSA) is 218 Å². The normalized spacial score (nSPS) is 21.0. The van der Waals surface area contributed by atoms with Gasteiger partial charge in [0.25, 0.3) is 5.84 Å². The minimum Gasteiger partial charge on any atom is -0.857 e. The predicted octanol–water partition coefficient (Wildman–Crippen LogP) is -1.02. The molecule has 4 aliphatic heterocycles. The molecule has 5 heterocycles. The number of carbonyl (C=O) groups is 2. The molecule has 2 aromatic rings. The highest BCUT2D eigenvalue weighted by molar-refractivity contribution is 6.66. The van der Waals surface area contributed by atoms with Crippen molar-refractivity contribution in [3.8, 4) is 17.2 Å². The number of nitrogens with zero attached hydrogens (tertiary/aromatic N) is 5. The van der Waals surface area contributed by atoms with E-state index in [0.29, 0.717) is 28.3 Å². The SMILES string of the molecule is CCOC(=O)C1=C(C=O)C(=CCn2ccnc2[NH+]2CN=C3C([O-])=NC(=N)N=C32)c2c(OC)c3c(c(CO)c2O1)O[C@H](C(C)(C)O)C3. The van der Waals surface area contributed by atoms with Crippen LogP contribution in [0.2, 0.25) is 0 Å². The van der Waals surface area contributed by atoms with Crippen LogP contribution in [0.1, 0.15) is 37.5 Å². The molecule has 0 bridgehead atoms. The predicted molar refractivity (Wildman–Crippen MR) is 159 cm³/mol. The van der Waals surface area contributed by atoms with Gasteiger partial charge in [0, 0.05) is 36.2 Å². The van der Waals surface area contributed by atoms with Crippen molar-refractivity contribution in [3.63, 3.8) is 0 Å². The Bertz CT molecular complexity index is 1830. The Morgan fingerprint density at radius 2 is 2.11 bits per heavy atom. The van der Waals surface area contributed by atoms with Crippen LogP contribution < -0.4 is 24.2 Å². The fraction of sp³-hybridized carbons (Fsp3) is 0.367. The van der Waals surface area contributed by atoms with Crippen molar-refractivity contribution in [2.45, 2.75) is 52.0 Å². The number of aromatic nitrogens is 2. The molecule has 1 aromatic heterocycles. The number of imidazole rings is 1. The van der Waals surface area contributed by atoms with E-state index in [1.165, 1.54) is 7.11 Å². The Morgan fingerprint density at radius 3 is 2.78 bits per heavy atom. The van der Waals surface area contributed by atoms with Crippen molar-refractivity contribution in [2.24, 2.45) is 15.0 Å². The van der Waals surface area contributed by atoms with Crippen LogP contribution in [0.3, 0.4) is 0 Å². The molecule has 46 heavy (non-hydrogen) atoms. The molecule has 0 spiro atoms.